The van der Waals surface area contributed by atoms with Gasteiger partial charge in [0.25, 0.3) is 0 Å². The van der Waals surface area contributed by atoms with E-state index in [0.717, 1.165) is 33.9 Å². The predicted molar refractivity (Wildman–Crippen MR) is 70.8 cm³/mol. The lowest BCUT2D eigenvalue weighted by atomic mass is 10.1. The minimum absolute atomic E-state index is 0.0878. The van der Waals surface area contributed by atoms with Gasteiger partial charge in [0.15, 0.2) is 0 Å². The normalized spacial score (nSPS) is 11.4. The van der Waals surface area contributed by atoms with Gasteiger partial charge >= 0.3 is 0 Å². The van der Waals surface area contributed by atoms with Crippen molar-refractivity contribution < 1.29 is 0 Å². The van der Waals surface area contributed by atoms with Crippen LogP contribution in [0.4, 0.5) is 0 Å². The second-order valence-electron chi connectivity index (χ2n) is 4.04. The number of halogens is 1. The van der Waals surface area contributed by atoms with Gasteiger partial charge in [-0.15, -0.1) is 0 Å². The molecule has 0 saturated carbocycles. The molecule has 0 amide bonds. The van der Waals surface area contributed by atoms with Gasteiger partial charge in [0, 0.05) is 28.0 Å². The molecule has 0 unspecified atom stereocenters. The number of aromatic nitrogens is 2. The topological polar surface area (TPSA) is 48.6 Å². The summed E-state index contributed by atoms with van der Waals surface area (Å²) < 4.78 is 0. The fourth-order valence-corrected chi connectivity index (χ4v) is 2.53. The number of nitrogens with one attached hydrogen (secondary N) is 2. The monoisotopic (exact) mass is 246 g/mol. The molecule has 2 aromatic heterocycles. The summed E-state index contributed by atoms with van der Waals surface area (Å²) in [7, 11) is 0. The van der Waals surface area contributed by atoms with E-state index in [1.807, 2.05) is 25.1 Å². The summed E-state index contributed by atoms with van der Waals surface area (Å²) in [5, 5.41) is 2.48. The Morgan fingerprint density at radius 2 is 2.12 bits per heavy atom. The van der Waals surface area contributed by atoms with Crippen molar-refractivity contribution in [3.05, 3.63) is 45.3 Å². The molecule has 3 aromatic rings. The molecule has 0 bridgehead atoms. The van der Waals surface area contributed by atoms with Crippen molar-refractivity contribution in [3.8, 4) is 0 Å². The maximum atomic E-state index is 11.6. The molecule has 17 heavy (non-hydrogen) atoms. The zero-order valence-electron chi connectivity index (χ0n) is 9.30. The van der Waals surface area contributed by atoms with Gasteiger partial charge in [0.05, 0.1) is 10.5 Å². The highest BCUT2D eigenvalue weighted by Gasteiger charge is 2.10. The van der Waals surface area contributed by atoms with Crippen molar-refractivity contribution in [2.75, 3.05) is 0 Å². The minimum Gasteiger partial charge on any atom is -0.353 e. The summed E-state index contributed by atoms with van der Waals surface area (Å²) in [6, 6.07) is 7.29. The van der Waals surface area contributed by atoms with Gasteiger partial charge in [0.2, 0.25) is 5.56 Å². The fourth-order valence-electron chi connectivity index (χ4n) is 2.25. The van der Waals surface area contributed by atoms with Crippen LogP contribution in [0.1, 0.15) is 12.6 Å². The fraction of sp³-hybridized carbons (Fsp3) is 0.154. The Morgan fingerprint density at radius 1 is 1.29 bits per heavy atom. The van der Waals surface area contributed by atoms with Gasteiger partial charge in [-0.1, -0.05) is 24.6 Å². The van der Waals surface area contributed by atoms with Gasteiger partial charge in [0.1, 0.15) is 0 Å². The van der Waals surface area contributed by atoms with E-state index in [1.54, 1.807) is 6.07 Å². The number of hydrogen-bond donors (Lipinski definition) is 2. The lowest BCUT2D eigenvalue weighted by molar-refractivity contribution is 1.03. The molecule has 3 nitrogen and oxygen atoms in total. The second kappa shape index (κ2) is 3.64. The molecule has 0 aliphatic rings. The third kappa shape index (κ3) is 1.46. The van der Waals surface area contributed by atoms with Crippen molar-refractivity contribution in [3.63, 3.8) is 0 Å². The third-order valence-electron chi connectivity index (χ3n) is 3.02. The summed E-state index contributed by atoms with van der Waals surface area (Å²) in [6.07, 6.45) is 0.775. The quantitative estimate of drug-likeness (QED) is 0.681. The van der Waals surface area contributed by atoms with E-state index in [4.69, 9.17) is 11.6 Å². The van der Waals surface area contributed by atoms with Crippen molar-refractivity contribution in [2.45, 2.75) is 13.3 Å². The Morgan fingerprint density at radius 3 is 2.88 bits per heavy atom. The van der Waals surface area contributed by atoms with Crippen LogP contribution in [0.3, 0.4) is 0 Å². The van der Waals surface area contributed by atoms with Gasteiger partial charge in [-0.05, 0) is 18.6 Å². The maximum absolute atomic E-state index is 11.6. The van der Waals surface area contributed by atoms with Crippen LogP contribution in [0, 0.1) is 0 Å². The third-order valence-corrected chi connectivity index (χ3v) is 3.33. The summed E-state index contributed by atoms with van der Waals surface area (Å²) in [6.45, 7) is 2.01. The predicted octanol–water partition coefficient (Wildman–Crippen LogP) is 3.23. The van der Waals surface area contributed by atoms with Crippen LogP contribution >= 0.6 is 11.6 Å². The lowest BCUT2D eigenvalue weighted by Gasteiger charge is -1.98. The first-order valence-electron chi connectivity index (χ1n) is 5.53. The van der Waals surface area contributed by atoms with Crippen LogP contribution in [-0.2, 0) is 6.42 Å². The summed E-state index contributed by atoms with van der Waals surface area (Å²) in [5.74, 6) is 0. The summed E-state index contributed by atoms with van der Waals surface area (Å²) in [5.41, 5.74) is 2.76. The minimum atomic E-state index is -0.0878. The highest BCUT2D eigenvalue weighted by Crippen LogP contribution is 2.31. The van der Waals surface area contributed by atoms with Crippen LogP contribution in [-0.4, -0.2) is 9.97 Å². The summed E-state index contributed by atoms with van der Waals surface area (Å²) >= 11 is 6.19. The number of aryl methyl sites for hydroxylation is 1. The molecule has 0 aliphatic carbocycles. The number of aromatic amines is 2. The van der Waals surface area contributed by atoms with E-state index in [9.17, 15) is 4.79 Å². The molecular formula is C13H11ClN2O. The number of fused-ring (bicyclic) bond motifs is 3. The Bertz CT molecular complexity index is 770. The largest absolute Gasteiger partial charge is 0.353 e. The van der Waals surface area contributed by atoms with Gasteiger partial charge < -0.3 is 9.97 Å². The number of pyridine rings is 1. The Kier molecular flexibility index (Phi) is 2.23. The Balaban J connectivity index is 2.62. The Labute approximate surface area is 102 Å². The molecule has 0 spiro atoms. The molecule has 0 atom stereocenters. The second-order valence-corrected chi connectivity index (χ2v) is 4.45. The molecule has 0 saturated heterocycles. The number of benzene rings is 1. The van der Waals surface area contributed by atoms with E-state index in [1.165, 1.54) is 0 Å². The average molecular weight is 247 g/mol. The smallest absolute Gasteiger partial charge is 0.248 e. The van der Waals surface area contributed by atoms with Crippen LogP contribution in [0.25, 0.3) is 21.8 Å². The standard InChI is InChI=1S/C13H11ClN2O/c1-2-9-13-7(6-11(17)15-9)12-8(14)4-3-5-10(12)16-13/h3-6,16H,2H2,1H3,(H,15,17). The van der Waals surface area contributed by atoms with E-state index in [0.29, 0.717) is 5.02 Å². The zero-order chi connectivity index (χ0) is 12.0. The Hall–Kier alpha value is -1.74. The molecule has 0 fully saturated rings. The molecular weight excluding hydrogens is 236 g/mol. The van der Waals surface area contributed by atoms with Gasteiger partial charge in [-0.3, -0.25) is 4.79 Å². The lowest BCUT2D eigenvalue weighted by Crippen LogP contribution is -2.06. The van der Waals surface area contributed by atoms with Crippen LogP contribution in [0.15, 0.2) is 29.1 Å². The first-order valence-corrected chi connectivity index (χ1v) is 5.90. The van der Waals surface area contributed by atoms with Crippen molar-refractivity contribution in [1.82, 2.24) is 9.97 Å². The van der Waals surface area contributed by atoms with Gasteiger partial charge in [-0.2, -0.15) is 0 Å². The van der Waals surface area contributed by atoms with Crippen LogP contribution in [0.2, 0.25) is 5.02 Å². The van der Waals surface area contributed by atoms with Crippen LogP contribution < -0.4 is 5.56 Å². The highest BCUT2D eigenvalue weighted by molar-refractivity contribution is 6.38. The van der Waals surface area contributed by atoms with Crippen molar-refractivity contribution in [2.24, 2.45) is 0 Å². The van der Waals surface area contributed by atoms with E-state index in [2.05, 4.69) is 9.97 Å². The SMILES string of the molecule is CCc1[nH]c(=O)cc2c1[nH]c1cccc(Cl)c12. The molecule has 1 aromatic carbocycles. The van der Waals surface area contributed by atoms with Crippen molar-refractivity contribution >= 4 is 33.4 Å². The van der Waals surface area contributed by atoms with Crippen molar-refractivity contribution in [1.29, 1.82) is 0 Å². The van der Waals surface area contributed by atoms with E-state index < -0.39 is 0 Å². The highest BCUT2D eigenvalue weighted by atomic mass is 35.5. The summed E-state index contributed by atoms with van der Waals surface area (Å²) in [4.78, 5) is 17.8. The molecule has 4 heteroatoms. The van der Waals surface area contributed by atoms with Crippen LogP contribution in [0.5, 0.6) is 0 Å². The van der Waals surface area contributed by atoms with Gasteiger partial charge in [-0.25, -0.2) is 0 Å². The molecule has 0 radical (unpaired) electrons. The van der Waals surface area contributed by atoms with E-state index in [-0.39, 0.29) is 5.56 Å². The molecule has 86 valence electrons. The zero-order valence-corrected chi connectivity index (χ0v) is 10.1. The molecule has 3 rings (SSSR count). The molecule has 2 heterocycles. The average Bonchev–Trinajstić information content (AvgIpc) is 2.67. The molecule has 0 aliphatic heterocycles. The first kappa shape index (κ1) is 10.4. The molecule has 2 N–H and O–H groups in total. The number of hydrogen-bond acceptors (Lipinski definition) is 1. The van der Waals surface area contributed by atoms with E-state index >= 15 is 0 Å². The number of rotatable bonds is 1. The maximum Gasteiger partial charge on any atom is 0.248 e. The number of H-pyrrole nitrogens is 2. The first-order chi connectivity index (χ1) is 8.20.